The molecule has 0 radical (unpaired) electrons. The zero-order chi connectivity index (χ0) is 17.9. The highest BCUT2D eigenvalue weighted by molar-refractivity contribution is 6.02. The Bertz CT molecular complexity index is 968. The van der Waals surface area contributed by atoms with Gasteiger partial charge in [0, 0.05) is 18.5 Å². The lowest BCUT2D eigenvalue weighted by molar-refractivity contribution is 0.0974. The van der Waals surface area contributed by atoms with Crippen molar-refractivity contribution in [2.24, 2.45) is 0 Å². The predicted molar refractivity (Wildman–Crippen MR) is 91.6 cm³/mol. The molecule has 0 N–H and O–H groups in total. The third-order valence-corrected chi connectivity index (χ3v) is 4.61. The van der Waals surface area contributed by atoms with Crippen molar-refractivity contribution < 1.29 is 4.79 Å². The van der Waals surface area contributed by atoms with Crippen molar-refractivity contribution in [3.05, 3.63) is 53.9 Å². The predicted octanol–water partition coefficient (Wildman–Crippen LogP) is 2.08. The molecule has 0 saturated carbocycles. The molecule has 8 nitrogen and oxygen atoms in total. The minimum absolute atomic E-state index is 0.283. The number of benzene rings is 1. The number of hydrogen-bond donors (Lipinski definition) is 0. The quantitative estimate of drug-likeness (QED) is 0.670. The molecule has 0 amide bonds. The first-order chi connectivity index (χ1) is 12.8. The van der Waals surface area contributed by atoms with Gasteiger partial charge < -0.3 is 4.57 Å². The van der Waals surface area contributed by atoms with Gasteiger partial charge in [-0.25, -0.2) is 4.68 Å². The smallest absolute Gasteiger partial charge is 0.187 e. The molecule has 0 unspecified atom stereocenters. The van der Waals surface area contributed by atoms with E-state index in [9.17, 15) is 10.1 Å². The molecule has 3 aromatic rings. The van der Waals surface area contributed by atoms with Crippen LogP contribution in [0.15, 0.2) is 36.7 Å². The van der Waals surface area contributed by atoms with Crippen molar-refractivity contribution in [1.82, 2.24) is 29.8 Å². The average molecular weight is 347 g/mol. The van der Waals surface area contributed by atoms with Crippen LogP contribution in [0.3, 0.4) is 0 Å². The van der Waals surface area contributed by atoms with Gasteiger partial charge >= 0.3 is 0 Å². The van der Waals surface area contributed by atoms with Crippen LogP contribution in [0.5, 0.6) is 0 Å². The van der Waals surface area contributed by atoms with Crippen LogP contribution in [0.25, 0.3) is 5.69 Å². The molecule has 1 atom stereocenters. The number of carbonyl (C=O) groups is 1. The van der Waals surface area contributed by atoms with Crippen molar-refractivity contribution in [1.29, 1.82) is 5.26 Å². The van der Waals surface area contributed by atoms with Gasteiger partial charge in [-0.1, -0.05) is 23.8 Å². The first-order valence-corrected chi connectivity index (χ1v) is 8.60. The number of nitrogens with zero attached hydrogens (tertiary/aromatic N) is 7. The van der Waals surface area contributed by atoms with Crippen molar-refractivity contribution in [2.75, 3.05) is 0 Å². The number of ketones is 1. The Balaban J connectivity index is 1.68. The number of carbonyl (C=O) groups excluding carboxylic acids is 1. The van der Waals surface area contributed by atoms with E-state index in [2.05, 4.69) is 26.6 Å². The minimum atomic E-state index is -0.972. The zero-order valence-corrected chi connectivity index (χ0v) is 14.1. The molecule has 2 aromatic heterocycles. The van der Waals surface area contributed by atoms with E-state index in [1.165, 1.54) is 0 Å². The van der Waals surface area contributed by atoms with Gasteiger partial charge in [0.25, 0.3) is 0 Å². The molecule has 0 saturated heterocycles. The topological polar surface area (TPSA) is 102 Å². The third kappa shape index (κ3) is 2.88. The fraction of sp³-hybridized carbons (Fsp3) is 0.333. The molecule has 3 heterocycles. The van der Waals surface area contributed by atoms with Crippen LogP contribution in [-0.2, 0) is 13.0 Å². The van der Waals surface area contributed by atoms with E-state index in [1.807, 2.05) is 10.6 Å². The van der Waals surface area contributed by atoms with Crippen molar-refractivity contribution >= 4 is 5.78 Å². The van der Waals surface area contributed by atoms with Gasteiger partial charge in [-0.05, 0) is 25.0 Å². The highest BCUT2D eigenvalue weighted by atomic mass is 16.1. The molecule has 8 heteroatoms. The van der Waals surface area contributed by atoms with Crippen LogP contribution in [0, 0.1) is 11.3 Å². The normalized spacial score (nSPS) is 14.9. The van der Waals surface area contributed by atoms with E-state index < -0.39 is 5.92 Å². The molecular formula is C18H17N7O. The Morgan fingerprint density at radius 2 is 2.15 bits per heavy atom. The summed E-state index contributed by atoms with van der Waals surface area (Å²) in [5.74, 6) is 0.0525. The van der Waals surface area contributed by atoms with E-state index >= 15 is 0 Å². The fourth-order valence-corrected chi connectivity index (χ4v) is 3.27. The molecule has 1 aliphatic rings. The summed E-state index contributed by atoms with van der Waals surface area (Å²) in [6, 6.07) is 9.13. The summed E-state index contributed by atoms with van der Waals surface area (Å²) in [5, 5.41) is 25.8. The molecule has 1 aliphatic heterocycles. The van der Waals surface area contributed by atoms with Crippen LogP contribution in [0.4, 0.5) is 0 Å². The Morgan fingerprint density at radius 3 is 2.96 bits per heavy atom. The second-order valence-corrected chi connectivity index (χ2v) is 6.26. The molecule has 4 rings (SSSR count). The molecule has 0 bridgehead atoms. The van der Waals surface area contributed by atoms with Crippen LogP contribution < -0.4 is 0 Å². The number of fused-ring (bicyclic) bond motifs is 1. The second-order valence-electron chi connectivity index (χ2n) is 6.26. The van der Waals surface area contributed by atoms with Gasteiger partial charge in [0.2, 0.25) is 0 Å². The van der Waals surface area contributed by atoms with Gasteiger partial charge in [0.05, 0.1) is 24.2 Å². The molecular weight excluding hydrogens is 330 g/mol. The Labute approximate surface area is 150 Å². The van der Waals surface area contributed by atoms with Crippen molar-refractivity contribution in [2.45, 2.75) is 38.1 Å². The van der Waals surface area contributed by atoms with Gasteiger partial charge in [-0.2, -0.15) is 5.26 Å². The summed E-state index contributed by atoms with van der Waals surface area (Å²) in [6.45, 7) is 0.752. The maximum absolute atomic E-state index is 13.0. The summed E-state index contributed by atoms with van der Waals surface area (Å²) in [5.41, 5.74) is 1.15. The van der Waals surface area contributed by atoms with Gasteiger partial charge in [-0.15, -0.1) is 15.3 Å². The molecule has 1 aromatic carbocycles. The second kappa shape index (κ2) is 6.88. The maximum atomic E-state index is 13.0. The van der Waals surface area contributed by atoms with E-state index in [1.54, 1.807) is 35.3 Å². The van der Waals surface area contributed by atoms with E-state index in [4.69, 9.17) is 0 Å². The molecule has 0 fully saturated rings. The van der Waals surface area contributed by atoms with Gasteiger partial charge in [-0.3, -0.25) is 4.79 Å². The number of Topliss-reactive ketones (excluding diaryl/α,β-unsaturated/α-hetero) is 1. The van der Waals surface area contributed by atoms with Gasteiger partial charge in [0.15, 0.2) is 17.5 Å². The van der Waals surface area contributed by atoms with Crippen LogP contribution in [-0.4, -0.2) is 35.5 Å². The highest BCUT2D eigenvalue weighted by Gasteiger charge is 2.29. The molecule has 26 heavy (non-hydrogen) atoms. The first-order valence-electron chi connectivity index (χ1n) is 8.60. The number of rotatable bonds is 4. The van der Waals surface area contributed by atoms with Crippen molar-refractivity contribution in [3.63, 3.8) is 0 Å². The third-order valence-electron chi connectivity index (χ3n) is 4.61. The Kier molecular flexibility index (Phi) is 4.27. The lowest BCUT2D eigenvalue weighted by Gasteiger charge is -2.11. The molecule has 130 valence electrons. The van der Waals surface area contributed by atoms with Crippen LogP contribution in [0.1, 0.15) is 47.2 Å². The summed E-state index contributed by atoms with van der Waals surface area (Å²) >= 11 is 0. The summed E-state index contributed by atoms with van der Waals surface area (Å²) in [7, 11) is 0. The highest BCUT2D eigenvalue weighted by Crippen LogP contribution is 2.24. The van der Waals surface area contributed by atoms with Crippen LogP contribution >= 0.6 is 0 Å². The fourth-order valence-electron chi connectivity index (χ4n) is 3.27. The standard InChI is InChI=1S/C18H17N7O/c19-12-15(18-22-21-16-7-2-1-3-9-24(16)18)17(26)13-5-4-6-14(11-13)25-10-8-20-23-25/h4-6,8,10-11,15H,1-3,7,9H2/t15-/m1/s1. The number of hydrogen-bond acceptors (Lipinski definition) is 6. The van der Waals surface area contributed by atoms with E-state index in [0.717, 1.165) is 38.1 Å². The number of aryl methyl sites for hydroxylation is 1. The van der Waals surface area contributed by atoms with Crippen molar-refractivity contribution in [3.8, 4) is 11.8 Å². The van der Waals surface area contributed by atoms with Crippen LogP contribution in [0.2, 0.25) is 0 Å². The lowest BCUT2D eigenvalue weighted by Crippen LogP contribution is -2.18. The van der Waals surface area contributed by atoms with E-state index in [-0.39, 0.29) is 5.78 Å². The Hall–Kier alpha value is -3.34. The summed E-state index contributed by atoms with van der Waals surface area (Å²) < 4.78 is 3.52. The summed E-state index contributed by atoms with van der Waals surface area (Å²) in [4.78, 5) is 13.0. The van der Waals surface area contributed by atoms with E-state index in [0.29, 0.717) is 17.1 Å². The Morgan fingerprint density at radius 1 is 1.23 bits per heavy atom. The number of nitriles is 1. The first kappa shape index (κ1) is 16.1. The summed E-state index contributed by atoms with van der Waals surface area (Å²) in [6.07, 6.45) is 7.28. The maximum Gasteiger partial charge on any atom is 0.187 e. The average Bonchev–Trinajstić information content (AvgIpc) is 3.28. The molecule has 0 aliphatic carbocycles. The zero-order valence-electron chi connectivity index (χ0n) is 14.1. The monoisotopic (exact) mass is 347 g/mol. The largest absolute Gasteiger partial charge is 0.313 e. The minimum Gasteiger partial charge on any atom is -0.313 e. The molecule has 0 spiro atoms. The SMILES string of the molecule is N#C[C@H](C(=O)c1cccc(-n2ccnn2)c1)c1nnc2n1CCCCC2. The lowest BCUT2D eigenvalue weighted by atomic mass is 9.97. The van der Waals surface area contributed by atoms with Gasteiger partial charge in [0.1, 0.15) is 5.82 Å². The number of aromatic nitrogens is 6.